The van der Waals surface area contributed by atoms with Gasteiger partial charge in [0.15, 0.2) is 5.65 Å². The molecule has 184 valence electrons. The number of nitrogens with one attached hydrogen (secondary N) is 1. The first-order valence-corrected chi connectivity index (χ1v) is 13.6. The van der Waals surface area contributed by atoms with Crippen molar-refractivity contribution in [2.24, 2.45) is 5.41 Å². The molecule has 3 aliphatic rings. The van der Waals surface area contributed by atoms with E-state index in [0.29, 0.717) is 24.3 Å². The summed E-state index contributed by atoms with van der Waals surface area (Å²) in [6.45, 7) is 0.593. The molecule has 0 radical (unpaired) electrons. The molecule has 6 rings (SSSR count). The number of carbonyl (C=O) groups is 1. The molecule has 1 unspecified atom stereocenters. The van der Waals surface area contributed by atoms with Crippen LogP contribution in [0.5, 0.6) is 0 Å². The first kappa shape index (κ1) is 22.4. The van der Waals surface area contributed by atoms with Gasteiger partial charge >= 0.3 is 0 Å². The Balaban J connectivity index is 1.56. The van der Waals surface area contributed by atoms with E-state index in [4.69, 9.17) is 5.10 Å². The van der Waals surface area contributed by atoms with E-state index in [-0.39, 0.29) is 24.6 Å². The smallest absolute Gasteiger partial charge is 0.283 e. The number of para-hydroxylation sites is 1. The minimum absolute atomic E-state index is 0.0985. The molecule has 1 atom stereocenters. The van der Waals surface area contributed by atoms with E-state index in [2.05, 4.69) is 4.98 Å². The number of sulfonamides is 1. The minimum Gasteiger partial charge on any atom is -0.370 e. The van der Waals surface area contributed by atoms with Crippen LogP contribution in [-0.4, -0.2) is 54.4 Å². The number of hydrogen-bond donors (Lipinski definition) is 1. The highest BCUT2D eigenvalue weighted by molar-refractivity contribution is 7.89. The fourth-order valence-corrected chi connectivity index (χ4v) is 5.77. The number of anilines is 1. The van der Waals surface area contributed by atoms with Gasteiger partial charge in [-0.25, -0.2) is 31.6 Å². The lowest BCUT2D eigenvalue weighted by atomic mass is 9.82. The standard InChI is InChI=1S/C24H25F2N5O3S/c1-35(33,34)29-22(32)17-12-18(30-11-10-23(14-30)13-24(23,25)26)19-20(15-6-5-7-15)28-31(21(19)27-17)16-8-3-2-4-9-16/h2-4,8-9,12,15H,5-7,10-11,13-14H2,1H3,(H,29,32). The summed E-state index contributed by atoms with van der Waals surface area (Å²) in [5, 5.41) is 5.64. The van der Waals surface area contributed by atoms with Gasteiger partial charge in [0.2, 0.25) is 10.0 Å². The second-order valence-electron chi connectivity index (χ2n) is 10.0. The van der Waals surface area contributed by atoms with Crippen LogP contribution in [0.3, 0.4) is 0 Å². The average Bonchev–Trinajstić information content (AvgIpc) is 3.09. The van der Waals surface area contributed by atoms with E-state index < -0.39 is 27.3 Å². The van der Waals surface area contributed by atoms with Gasteiger partial charge in [-0.2, -0.15) is 5.10 Å². The van der Waals surface area contributed by atoms with Crippen LogP contribution >= 0.6 is 0 Å². The number of halogens is 2. The van der Waals surface area contributed by atoms with Gasteiger partial charge in [0, 0.05) is 25.4 Å². The monoisotopic (exact) mass is 501 g/mol. The molecular weight excluding hydrogens is 476 g/mol. The Morgan fingerprint density at radius 1 is 1.20 bits per heavy atom. The molecule has 2 aromatic heterocycles. The Labute approximate surface area is 201 Å². The Hall–Kier alpha value is -3.08. The van der Waals surface area contributed by atoms with Crippen molar-refractivity contribution < 1.29 is 22.0 Å². The molecule has 1 aromatic carbocycles. The first-order chi connectivity index (χ1) is 16.6. The molecule has 35 heavy (non-hydrogen) atoms. The lowest BCUT2D eigenvalue weighted by Gasteiger charge is -2.26. The van der Waals surface area contributed by atoms with E-state index in [0.717, 1.165) is 42.3 Å². The number of hydrogen-bond acceptors (Lipinski definition) is 6. The zero-order valence-corrected chi connectivity index (χ0v) is 20.0. The fourth-order valence-electron chi connectivity index (χ4n) is 5.33. The van der Waals surface area contributed by atoms with Gasteiger partial charge in [0.05, 0.1) is 34.1 Å². The van der Waals surface area contributed by atoms with Crippen molar-refractivity contribution in [1.29, 1.82) is 0 Å². The summed E-state index contributed by atoms with van der Waals surface area (Å²) in [7, 11) is -3.82. The molecule has 8 nitrogen and oxygen atoms in total. The van der Waals surface area contributed by atoms with Gasteiger partial charge in [-0.1, -0.05) is 24.6 Å². The lowest BCUT2D eigenvalue weighted by Crippen LogP contribution is -2.30. The van der Waals surface area contributed by atoms with Crippen LogP contribution in [0.25, 0.3) is 16.7 Å². The summed E-state index contributed by atoms with van der Waals surface area (Å²) in [5.74, 6) is -3.33. The highest BCUT2D eigenvalue weighted by Gasteiger charge is 2.72. The normalized spacial score (nSPS) is 23.6. The van der Waals surface area contributed by atoms with Crippen LogP contribution < -0.4 is 9.62 Å². The third-order valence-electron chi connectivity index (χ3n) is 7.55. The number of fused-ring (bicyclic) bond motifs is 1. The summed E-state index contributed by atoms with van der Waals surface area (Å²) >= 11 is 0. The lowest BCUT2D eigenvalue weighted by molar-refractivity contribution is 0.0711. The van der Waals surface area contributed by atoms with E-state index >= 15 is 0 Å². The zero-order valence-electron chi connectivity index (χ0n) is 19.2. The number of rotatable bonds is 5. The van der Waals surface area contributed by atoms with Gasteiger partial charge in [0.1, 0.15) is 5.69 Å². The molecular formula is C24H25F2N5O3S. The molecule has 3 fully saturated rings. The summed E-state index contributed by atoms with van der Waals surface area (Å²) in [6.07, 6.45) is 4.15. The highest BCUT2D eigenvalue weighted by atomic mass is 32.2. The molecule has 0 bridgehead atoms. The molecule has 3 heterocycles. The van der Waals surface area contributed by atoms with E-state index in [9.17, 15) is 22.0 Å². The van der Waals surface area contributed by atoms with E-state index in [1.807, 2.05) is 40.0 Å². The second-order valence-corrected chi connectivity index (χ2v) is 11.8. The van der Waals surface area contributed by atoms with Crippen molar-refractivity contribution in [3.8, 4) is 5.69 Å². The van der Waals surface area contributed by atoms with Gasteiger partial charge in [-0.05, 0) is 37.5 Å². The number of nitrogens with zero attached hydrogens (tertiary/aromatic N) is 4. The van der Waals surface area contributed by atoms with Crippen molar-refractivity contribution in [2.75, 3.05) is 24.2 Å². The topological polar surface area (TPSA) is 97.2 Å². The third kappa shape index (κ3) is 3.67. The largest absolute Gasteiger partial charge is 0.370 e. The molecule has 1 aliphatic heterocycles. The molecule has 11 heteroatoms. The maximum atomic E-state index is 14.2. The van der Waals surface area contributed by atoms with Crippen LogP contribution in [0.2, 0.25) is 0 Å². The molecule has 1 saturated heterocycles. The van der Waals surface area contributed by atoms with Crippen molar-refractivity contribution in [3.05, 3.63) is 47.8 Å². The van der Waals surface area contributed by atoms with Crippen LogP contribution in [0, 0.1) is 5.41 Å². The Morgan fingerprint density at radius 2 is 1.91 bits per heavy atom. The summed E-state index contributed by atoms with van der Waals surface area (Å²) in [6, 6.07) is 10.9. The molecule has 1 amide bonds. The van der Waals surface area contributed by atoms with Crippen molar-refractivity contribution in [2.45, 2.75) is 43.9 Å². The number of amides is 1. The van der Waals surface area contributed by atoms with E-state index in [1.165, 1.54) is 6.07 Å². The maximum Gasteiger partial charge on any atom is 0.283 e. The van der Waals surface area contributed by atoms with Gasteiger partial charge in [0.25, 0.3) is 11.8 Å². The Bertz CT molecular complexity index is 1450. The fraction of sp³-hybridized carbons (Fsp3) is 0.458. The Morgan fingerprint density at radius 3 is 2.49 bits per heavy atom. The zero-order chi connectivity index (χ0) is 24.6. The Kier molecular flexibility index (Phi) is 4.77. The molecule has 1 N–H and O–H groups in total. The van der Waals surface area contributed by atoms with Crippen LogP contribution in [0.4, 0.5) is 14.5 Å². The van der Waals surface area contributed by atoms with Crippen LogP contribution in [0.1, 0.15) is 54.2 Å². The molecule has 3 aromatic rings. The maximum absolute atomic E-state index is 14.2. The molecule has 1 spiro atoms. The van der Waals surface area contributed by atoms with Gasteiger partial charge < -0.3 is 4.90 Å². The van der Waals surface area contributed by atoms with Crippen molar-refractivity contribution in [3.63, 3.8) is 0 Å². The van der Waals surface area contributed by atoms with Gasteiger partial charge in [-0.15, -0.1) is 0 Å². The van der Waals surface area contributed by atoms with E-state index in [1.54, 1.807) is 4.68 Å². The van der Waals surface area contributed by atoms with Crippen LogP contribution in [-0.2, 0) is 10.0 Å². The second kappa shape index (κ2) is 7.46. The third-order valence-corrected chi connectivity index (χ3v) is 8.11. The SMILES string of the molecule is CS(=O)(=O)NC(=O)c1cc(N2CCC3(C2)CC3(F)F)c2c(C3CCC3)nn(-c3ccccc3)c2n1. The first-order valence-electron chi connectivity index (χ1n) is 11.7. The molecule has 2 saturated carbocycles. The minimum atomic E-state index is -3.82. The summed E-state index contributed by atoms with van der Waals surface area (Å²) in [4.78, 5) is 19.3. The molecule has 2 aliphatic carbocycles. The number of carbonyl (C=O) groups excluding carboxylic acids is 1. The van der Waals surface area contributed by atoms with Crippen LogP contribution in [0.15, 0.2) is 36.4 Å². The predicted octanol–water partition coefficient (Wildman–Crippen LogP) is 3.61. The number of aromatic nitrogens is 3. The van der Waals surface area contributed by atoms with Gasteiger partial charge in [-0.3, -0.25) is 4.79 Å². The number of pyridine rings is 1. The van der Waals surface area contributed by atoms with Crippen molar-refractivity contribution >= 4 is 32.7 Å². The number of alkyl halides is 2. The predicted molar refractivity (Wildman–Crippen MR) is 127 cm³/mol. The highest BCUT2D eigenvalue weighted by Crippen LogP contribution is 2.65. The summed E-state index contributed by atoms with van der Waals surface area (Å²) < 4.78 is 55.5. The quantitative estimate of drug-likeness (QED) is 0.574. The van der Waals surface area contributed by atoms with Crippen molar-refractivity contribution in [1.82, 2.24) is 19.5 Å². The average molecular weight is 502 g/mol. The summed E-state index contributed by atoms with van der Waals surface area (Å²) in [5.41, 5.74) is 1.47. The number of benzene rings is 1.